The van der Waals surface area contributed by atoms with Gasteiger partial charge in [-0.25, -0.2) is 0 Å². The molecule has 0 aromatic heterocycles. The third kappa shape index (κ3) is 2.18. The molecular weight excluding hydrogens is 250 g/mol. The first-order valence-corrected chi connectivity index (χ1v) is 7.52. The van der Waals surface area contributed by atoms with Crippen molar-refractivity contribution >= 4 is 0 Å². The van der Waals surface area contributed by atoms with E-state index in [0.29, 0.717) is 24.0 Å². The molecule has 3 nitrogen and oxygen atoms in total. The van der Waals surface area contributed by atoms with Crippen LogP contribution in [0.3, 0.4) is 0 Å². The maximum absolute atomic E-state index is 5.62. The van der Waals surface area contributed by atoms with E-state index < -0.39 is 0 Å². The topological polar surface area (TPSA) is 30.5 Å². The van der Waals surface area contributed by atoms with Crippen molar-refractivity contribution in [3.63, 3.8) is 0 Å². The molecule has 1 N–H and O–H groups in total. The van der Waals surface area contributed by atoms with Crippen molar-refractivity contribution < 1.29 is 9.47 Å². The number of rotatable bonds is 4. The van der Waals surface area contributed by atoms with Crippen LogP contribution in [0.2, 0.25) is 0 Å². The lowest BCUT2D eigenvalue weighted by molar-refractivity contribution is 0.171. The summed E-state index contributed by atoms with van der Waals surface area (Å²) >= 11 is 0. The molecule has 0 spiro atoms. The monoisotopic (exact) mass is 275 g/mol. The van der Waals surface area contributed by atoms with Crippen LogP contribution in [0, 0.1) is 16.7 Å². The molecule has 2 aliphatic rings. The summed E-state index contributed by atoms with van der Waals surface area (Å²) in [4.78, 5) is 0. The molecule has 1 aromatic rings. The van der Waals surface area contributed by atoms with E-state index >= 15 is 0 Å². The van der Waals surface area contributed by atoms with Gasteiger partial charge in [-0.05, 0) is 41.0 Å². The van der Waals surface area contributed by atoms with Crippen LogP contribution in [0.5, 0.6) is 11.5 Å². The third-order valence-corrected chi connectivity index (χ3v) is 5.60. The molecule has 3 heteroatoms. The van der Waals surface area contributed by atoms with Crippen LogP contribution in [-0.2, 0) is 6.54 Å². The molecule has 0 amide bonds. The Morgan fingerprint density at radius 2 is 1.70 bits per heavy atom. The van der Waals surface area contributed by atoms with Crippen LogP contribution in [-0.4, -0.2) is 19.8 Å². The van der Waals surface area contributed by atoms with Gasteiger partial charge in [-0.15, -0.1) is 0 Å². The van der Waals surface area contributed by atoms with Gasteiger partial charge in [0.2, 0.25) is 0 Å². The summed E-state index contributed by atoms with van der Waals surface area (Å²) in [6.07, 6.45) is 0. The van der Waals surface area contributed by atoms with Crippen molar-refractivity contribution in [1.82, 2.24) is 5.32 Å². The quantitative estimate of drug-likeness (QED) is 0.915. The molecule has 1 fully saturated rings. The van der Waals surface area contributed by atoms with E-state index in [-0.39, 0.29) is 0 Å². The lowest BCUT2D eigenvalue weighted by Gasteiger charge is -2.19. The molecule has 1 heterocycles. The Morgan fingerprint density at radius 3 is 2.35 bits per heavy atom. The molecule has 0 unspecified atom stereocenters. The van der Waals surface area contributed by atoms with E-state index in [1.54, 1.807) is 0 Å². The highest BCUT2D eigenvalue weighted by Crippen LogP contribution is 2.67. The maximum Gasteiger partial charge on any atom is 0.161 e. The molecule has 0 atom stereocenters. The van der Waals surface area contributed by atoms with E-state index in [1.807, 2.05) is 6.07 Å². The second-order valence-corrected chi connectivity index (χ2v) is 7.10. The van der Waals surface area contributed by atoms with Crippen molar-refractivity contribution in [2.75, 3.05) is 19.8 Å². The first-order valence-electron chi connectivity index (χ1n) is 7.52. The Kier molecular flexibility index (Phi) is 3.20. The van der Waals surface area contributed by atoms with Crippen molar-refractivity contribution in [3.05, 3.63) is 23.8 Å². The molecule has 0 bridgehead atoms. The predicted molar refractivity (Wildman–Crippen MR) is 80.2 cm³/mol. The first-order chi connectivity index (χ1) is 9.43. The number of nitrogens with one attached hydrogen (secondary N) is 1. The first kappa shape index (κ1) is 13.7. The van der Waals surface area contributed by atoms with Gasteiger partial charge in [-0.1, -0.05) is 33.8 Å². The Bertz CT molecular complexity index is 494. The number of fused-ring (bicyclic) bond motifs is 1. The standard InChI is InChI=1S/C17H25NO2/c1-16(2)15(17(16,3)4)11-18-10-12-5-6-13-14(9-12)20-8-7-19-13/h5-6,9,15,18H,7-8,10-11H2,1-4H3. The summed E-state index contributed by atoms with van der Waals surface area (Å²) in [5, 5.41) is 3.59. The van der Waals surface area contributed by atoms with Crippen LogP contribution in [0.15, 0.2) is 18.2 Å². The van der Waals surface area contributed by atoms with Crippen LogP contribution >= 0.6 is 0 Å². The van der Waals surface area contributed by atoms with Crippen LogP contribution in [0.1, 0.15) is 33.3 Å². The molecule has 1 saturated carbocycles. The zero-order chi connectivity index (χ0) is 14.4. The normalized spacial score (nSPS) is 22.6. The van der Waals surface area contributed by atoms with Gasteiger partial charge in [0.15, 0.2) is 11.5 Å². The molecular formula is C17H25NO2. The lowest BCUT2D eigenvalue weighted by atomic mass is 10.0. The van der Waals surface area contributed by atoms with Crippen molar-refractivity contribution in [2.45, 2.75) is 34.2 Å². The second kappa shape index (κ2) is 4.66. The molecule has 1 aromatic carbocycles. The average molecular weight is 275 g/mol. The Labute approximate surface area is 121 Å². The van der Waals surface area contributed by atoms with Crippen molar-refractivity contribution in [2.24, 2.45) is 16.7 Å². The number of ether oxygens (including phenoxy) is 2. The maximum atomic E-state index is 5.62. The second-order valence-electron chi connectivity index (χ2n) is 7.10. The average Bonchev–Trinajstić information content (AvgIpc) is 2.81. The summed E-state index contributed by atoms with van der Waals surface area (Å²) in [5.41, 5.74) is 2.16. The zero-order valence-corrected chi connectivity index (χ0v) is 13.0. The number of hydrogen-bond acceptors (Lipinski definition) is 3. The molecule has 110 valence electrons. The Hall–Kier alpha value is -1.22. The van der Waals surface area contributed by atoms with Crippen molar-refractivity contribution in [1.29, 1.82) is 0 Å². The fourth-order valence-electron chi connectivity index (χ4n) is 3.40. The van der Waals surface area contributed by atoms with Gasteiger partial charge in [0, 0.05) is 6.54 Å². The van der Waals surface area contributed by atoms with E-state index in [9.17, 15) is 0 Å². The highest BCUT2D eigenvalue weighted by atomic mass is 16.6. The van der Waals surface area contributed by atoms with Crippen LogP contribution in [0.25, 0.3) is 0 Å². The summed E-state index contributed by atoms with van der Waals surface area (Å²) in [5.74, 6) is 2.50. The van der Waals surface area contributed by atoms with E-state index in [1.165, 1.54) is 5.56 Å². The molecule has 3 rings (SSSR count). The van der Waals surface area contributed by atoms with Gasteiger partial charge in [0.1, 0.15) is 13.2 Å². The van der Waals surface area contributed by atoms with Gasteiger partial charge < -0.3 is 14.8 Å². The van der Waals surface area contributed by atoms with E-state index in [4.69, 9.17) is 9.47 Å². The van der Waals surface area contributed by atoms with Crippen LogP contribution in [0.4, 0.5) is 0 Å². The fourth-order valence-corrected chi connectivity index (χ4v) is 3.40. The van der Waals surface area contributed by atoms with Gasteiger partial charge in [-0.3, -0.25) is 0 Å². The summed E-state index contributed by atoms with van der Waals surface area (Å²) in [7, 11) is 0. The smallest absolute Gasteiger partial charge is 0.161 e. The summed E-state index contributed by atoms with van der Waals surface area (Å²) in [6.45, 7) is 12.7. The van der Waals surface area contributed by atoms with Gasteiger partial charge in [-0.2, -0.15) is 0 Å². The Balaban J connectivity index is 1.55. The van der Waals surface area contributed by atoms with Gasteiger partial charge in [0.25, 0.3) is 0 Å². The van der Waals surface area contributed by atoms with Crippen molar-refractivity contribution in [3.8, 4) is 11.5 Å². The molecule has 0 radical (unpaired) electrons. The summed E-state index contributed by atoms with van der Waals surface area (Å²) in [6, 6.07) is 6.21. The summed E-state index contributed by atoms with van der Waals surface area (Å²) < 4.78 is 11.2. The minimum absolute atomic E-state index is 0.451. The minimum atomic E-state index is 0.451. The SMILES string of the molecule is CC1(C)C(CNCc2ccc3c(c2)OCCO3)C1(C)C. The highest BCUT2D eigenvalue weighted by molar-refractivity contribution is 5.43. The predicted octanol–water partition coefficient (Wildman–Crippen LogP) is 3.23. The molecule has 1 aliphatic carbocycles. The fraction of sp³-hybridized carbons (Fsp3) is 0.647. The lowest BCUT2D eigenvalue weighted by Crippen LogP contribution is -2.19. The molecule has 1 aliphatic heterocycles. The highest BCUT2D eigenvalue weighted by Gasteiger charge is 2.63. The van der Waals surface area contributed by atoms with Gasteiger partial charge >= 0.3 is 0 Å². The van der Waals surface area contributed by atoms with Crippen LogP contribution < -0.4 is 14.8 Å². The number of benzene rings is 1. The Morgan fingerprint density at radius 1 is 1.05 bits per heavy atom. The molecule has 20 heavy (non-hydrogen) atoms. The number of hydrogen-bond donors (Lipinski definition) is 1. The largest absolute Gasteiger partial charge is 0.486 e. The van der Waals surface area contributed by atoms with E-state index in [0.717, 1.165) is 30.5 Å². The third-order valence-electron chi connectivity index (χ3n) is 5.60. The van der Waals surface area contributed by atoms with E-state index in [2.05, 4.69) is 45.1 Å². The zero-order valence-electron chi connectivity index (χ0n) is 13.0. The minimum Gasteiger partial charge on any atom is -0.486 e. The van der Waals surface area contributed by atoms with Gasteiger partial charge in [0.05, 0.1) is 0 Å². The molecule has 0 saturated heterocycles.